The molecule has 0 aromatic carbocycles. The van der Waals surface area contributed by atoms with E-state index in [9.17, 15) is 4.79 Å². The molecule has 0 bridgehead atoms. The van der Waals surface area contributed by atoms with Crippen molar-refractivity contribution >= 4 is 21.8 Å². The van der Waals surface area contributed by atoms with Gasteiger partial charge in [-0.2, -0.15) is 0 Å². The minimum absolute atomic E-state index is 0.166. The van der Waals surface area contributed by atoms with Crippen molar-refractivity contribution in [3.8, 4) is 0 Å². The minimum atomic E-state index is -0.166. The maximum absolute atomic E-state index is 11.8. The van der Waals surface area contributed by atoms with E-state index in [1.165, 1.54) is 12.8 Å². The van der Waals surface area contributed by atoms with Crippen molar-refractivity contribution in [2.75, 3.05) is 0 Å². The first kappa shape index (κ1) is 12.0. The van der Waals surface area contributed by atoms with E-state index in [2.05, 4.69) is 28.2 Å². The molecule has 1 rings (SSSR count). The van der Waals surface area contributed by atoms with Crippen LogP contribution in [-0.2, 0) is 4.79 Å². The quantitative estimate of drug-likeness (QED) is 0.775. The SMILES string of the molecule is CC(C(=O)NC(C)(C)C(C)Br)C1CC1. The summed E-state index contributed by atoms with van der Waals surface area (Å²) in [5.41, 5.74) is -0.166. The van der Waals surface area contributed by atoms with Gasteiger partial charge in [0.05, 0.1) is 0 Å². The van der Waals surface area contributed by atoms with Gasteiger partial charge in [0, 0.05) is 16.3 Å². The van der Waals surface area contributed by atoms with Crippen LogP contribution >= 0.6 is 15.9 Å². The molecule has 1 amide bonds. The van der Waals surface area contributed by atoms with Crippen molar-refractivity contribution < 1.29 is 4.79 Å². The van der Waals surface area contributed by atoms with Gasteiger partial charge in [-0.1, -0.05) is 29.8 Å². The van der Waals surface area contributed by atoms with Crippen LogP contribution in [0.2, 0.25) is 0 Å². The second-order valence-electron chi connectivity index (χ2n) is 4.95. The summed E-state index contributed by atoms with van der Waals surface area (Å²) in [5, 5.41) is 3.09. The van der Waals surface area contributed by atoms with Gasteiger partial charge in [0.25, 0.3) is 0 Å². The highest BCUT2D eigenvalue weighted by atomic mass is 79.9. The lowest BCUT2D eigenvalue weighted by atomic mass is 9.98. The molecule has 0 aromatic heterocycles. The molecule has 2 nitrogen and oxygen atoms in total. The molecule has 0 aromatic rings. The van der Waals surface area contributed by atoms with Gasteiger partial charge >= 0.3 is 0 Å². The van der Waals surface area contributed by atoms with Gasteiger partial charge in [-0.3, -0.25) is 4.79 Å². The number of alkyl halides is 1. The number of rotatable bonds is 4. The summed E-state index contributed by atoms with van der Waals surface area (Å²) in [5.74, 6) is 1.01. The number of hydrogen-bond acceptors (Lipinski definition) is 1. The average molecular weight is 262 g/mol. The summed E-state index contributed by atoms with van der Waals surface area (Å²) in [6, 6.07) is 0. The zero-order chi connectivity index (χ0) is 10.9. The number of carbonyl (C=O) groups is 1. The smallest absolute Gasteiger partial charge is 0.223 e. The highest BCUT2D eigenvalue weighted by molar-refractivity contribution is 9.09. The van der Waals surface area contributed by atoms with Crippen molar-refractivity contribution in [3.63, 3.8) is 0 Å². The Morgan fingerprint density at radius 2 is 1.93 bits per heavy atom. The number of halogens is 1. The number of hydrogen-bond donors (Lipinski definition) is 1. The third kappa shape index (κ3) is 2.97. The van der Waals surface area contributed by atoms with Gasteiger partial charge in [0.2, 0.25) is 5.91 Å². The molecule has 1 N–H and O–H groups in total. The summed E-state index contributed by atoms with van der Waals surface area (Å²) < 4.78 is 0. The minimum Gasteiger partial charge on any atom is -0.350 e. The van der Waals surface area contributed by atoms with Crippen molar-refractivity contribution in [1.29, 1.82) is 0 Å². The van der Waals surface area contributed by atoms with Crippen LogP contribution in [0.15, 0.2) is 0 Å². The molecule has 14 heavy (non-hydrogen) atoms. The highest BCUT2D eigenvalue weighted by Gasteiger charge is 2.35. The summed E-state index contributed by atoms with van der Waals surface area (Å²) in [7, 11) is 0. The lowest BCUT2D eigenvalue weighted by Gasteiger charge is -2.30. The molecule has 0 heterocycles. The first-order valence-corrected chi connectivity index (χ1v) is 6.22. The Morgan fingerprint density at radius 3 is 2.29 bits per heavy atom. The van der Waals surface area contributed by atoms with E-state index in [0.717, 1.165) is 0 Å². The molecule has 82 valence electrons. The molecule has 2 atom stereocenters. The van der Waals surface area contributed by atoms with Crippen molar-refractivity contribution in [1.82, 2.24) is 5.32 Å². The maximum atomic E-state index is 11.8. The molecule has 0 aliphatic heterocycles. The fourth-order valence-corrected chi connectivity index (χ4v) is 1.46. The lowest BCUT2D eigenvalue weighted by Crippen LogP contribution is -2.50. The number of carbonyl (C=O) groups excluding carboxylic acids is 1. The molecule has 2 unspecified atom stereocenters. The van der Waals surface area contributed by atoms with Crippen molar-refractivity contribution in [3.05, 3.63) is 0 Å². The van der Waals surface area contributed by atoms with Crippen LogP contribution in [-0.4, -0.2) is 16.3 Å². The molecule has 3 heteroatoms. The van der Waals surface area contributed by atoms with E-state index < -0.39 is 0 Å². The monoisotopic (exact) mass is 261 g/mol. The second-order valence-corrected chi connectivity index (χ2v) is 6.33. The first-order chi connectivity index (χ1) is 6.34. The van der Waals surface area contributed by atoms with Gasteiger partial charge < -0.3 is 5.32 Å². The Bertz CT molecular complexity index is 221. The van der Waals surface area contributed by atoms with E-state index in [1.807, 2.05) is 20.8 Å². The van der Waals surface area contributed by atoms with E-state index in [1.54, 1.807) is 0 Å². The van der Waals surface area contributed by atoms with Crippen LogP contribution in [0.3, 0.4) is 0 Å². The molecule has 0 spiro atoms. The maximum Gasteiger partial charge on any atom is 0.223 e. The lowest BCUT2D eigenvalue weighted by molar-refractivity contribution is -0.126. The van der Waals surface area contributed by atoms with E-state index in [0.29, 0.717) is 5.92 Å². The van der Waals surface area contributed by atoms with E-state index >= 15 is 0 Å². The molecule has 1 fully saturated rings. The van der Waals surface area contributed by atoms with Crippen LogP contribution < -0.4 is 5.32 Å². The van der Waals surface area contributed by atoms with Crippen molar-refractivity contribution in [2.45, 2.75) is 50.9 Å². The topological polar surface area (TPSA) is 29.1 Å². The predicted octanol–water partition coefficient (Wildman–Crippen LogP) is 2.71. The third-order valence-electron chi connectivity index (χ3n) is 3.18. The Kier molecular flexibility index (Phi) is 3.62. The van der Waals surface area contributed by atoms with E-state index in [-0.39, 0.29) is 22.2 Å². The van der Waals surface area contributed by atoms with Crippen LogP contribution in [0.4, 0.5) is 0 Å². The average Bonchev–Trinajstić information content (AvgIpc) is 2.84. The summed E-state index contributed by atoms with van der Waals surface area (Å²) in [4.78, 5) is 12.1. The van der Waals surface area contributed by atoms with Gasteiger partial charge in [0.1, 0.15) is 0 Å². The van der Waals surface area contributed by atoms with Crippen LogP contribution in [0.1, 0.15) is 40.5 Å². The molecule has 1 aliphatic rings. The Hall–Kier alpha value is -0.0500. The van der Waals surface area contributed by atoms with Crippen LogP contribution in [0.5, 0.6) is 0 Å². The first-order valence-electron chi connectivity index (χ1n) is 5.30. The normalized spacial score (nSPS) is 21.5. The molecule has 1 aliphatic carbocycles. The van der Waals surface area contributed by atoms with Gasteiger partial charge in [-0.25, -0.2) is 0 Å². The van der Waals surface area contributed by atoms with Gasteiger partial charge in [-0.05, 0) is 32.6 Å². The third-order valence-corrected chi connectivity index (χ3v) is 4.33. The van der Waals surface area contributed by atoms with Crippen LogP contribution in [0, 0.1) is 11.8 Å². The van der Waals surface area contributed by atoms with Gasteiger partial charge in [0.15, 0.2) is 0 Å². The zero-order valence-corrected chi connectivity index (χ0v) is 11.0. The van der Waals surface area contributed by atoms with E-state index in [4.69, 9.17) is 0 Å². The van der Waals surface area contributed by atoms with Gasteiger partial charge in [-0.15, -0.1) is 0 Å². The fourth-order valence-electron chi connectivity index (χ4n) is 1.34. The number of amides is 1. The number of nitrogens with one attached hydrogen (secondary N) is 1. The highest BCUT2D eigenvalue weighted by Crippen LogP contribution is 2.36. The summed E-state index contributed by atoms with van der Waals surface area (Å²) >= 11 is 3.51. The van der Waals surface area contributed by atoms with Crippen molar-refractivity contribution in [2.24, 2.45) is 11.8 Å². The molecule has 0 radical (unpaired) electrons. The molecule has 1 saturated carbocycles. The Labute approximate surface area is 95.0 Å². The summed E-state index contributed by atoms with van der Waals surface area (Å²) in [6.07, 6.45) is 2.44. The molecule has 0 saturated heterocycles. The largest absolute Gasteiger partial charge is 0.350 e. The standard InChI is InChI=1S/C11H20BrNO/c1-7(9-5-6-9)10(14)13-11(3,4)8(2)12/h7-9H,5-6H2,1-4H3,(H,13,14). The second kappa shape index (κ2) is 4.21. The molecular formula is C11H20BrNO. The fraction of sp³-hybridized carbons (Fsp3) is 0.909. The van der Waals surface area contributed by atoms with Crippen LogP contribution in [0.25, 0.3) is 0 Å². The summed E-state index contributed by atoms with van der Waals surface area (Å²) in [6.45, 7) is 8.18. The zero-order valence-electron chi connectivity index (χ0n) is 9.43. The Morgan fingerprint density at radius 1 is 1.43 bits per heavy atom. The predicted molar refractivity (Wildman–Crippen MR) is 62.5 cm³/mol. The Balaban J connectivity index is 2.46. The molecular weight excluding hydrogens is 242 g/mol.